The van der Waals surface area contributed by atoms with Gasteiger partial charge in [-0.1, -0.05) is 0 Å². The van der Waals surface area contributed by atoms with E-state index in [1.54, 1.807) is 0 Å². The molecule has 1 heterocycles. The zero-order valence-electron chi connectivity index (χ0n) is 10.4. The monoisotopic (exact) mass is 270 g/mol. The summed E-state index contributed by atoms with van der Waals surface area (Å²) in [6.07, 6.45) is 2.34. The van der Waals surface area contributed by atoms with E-state index < -0.39 is 10.9 Å². The summed E-state index contributed by atoms with van der Waals surface area (Å²) >= 11 is 0. The molecule has 19 heavy (non-hydrogen) atoms. The summed E-state index contributed by atoms with van der Waals surface area (Å²) in [7, 11) is 1.51. The Kier molecular flexibility index (Phi) is 4.98. The lowest BCUT2D eigenvalue weighted by Crippen LogP contribution is -2.29. The number of carboxylic acid groups (broad SMARTS) is 1. The molecule has 9 heteroatoms. The number of nitro groups is 1. The highest BCUT2D eigenvalue weighted by atomic mass is 16.6. The minimum Gasteiger partial charge on any atom is -0.481 e. The summed E-state index contributed by atoms with van der Waals surface area (Å²) in [5.74, 6) is -1.21. The molecule has 0 spiro atoms. The first-order valence-electron chi connectivity index (χ1n) is 5.52. The van der Waals surface area contributed by atoms with E-state index in [4.69, 9.17) is 5.11 Å². The summed E-state index contributed by atoms with van der Waals surface area (Å²) in [6, 6.07) is 0. The topological polar surface area (TPSA) is 119 Å². The smallest absolute Gasteiger partial charge is 0.306 e. The van der Waals surface area contributed by atoms with Gasteiger partial charge in [0.2, 0.25) is 5.91 Å². The molecule has 0 radical (unpaired) electrons. The van der Waals surface area contributed by atoms with E-state index in [0.717, 1.165) is 6.20 Å². The second kappa shape index (κ2) is 6.47. The van der Waals surface area contributed by atoms with Gasteiger partial charge in [-0.3, -0.25) is 24.4 Å². The maximum atomic E-state index is 11.6. The zero-order chi connectivity index (χ0) is 14.4. The van der Waals surface area contributed by atoms with E-state index in [-0.39, 0.29) is 37.5 Å². The van der Waals surface area contributed by atoms with Crippen LogP contribution in [0.25, 0.3) is 0 Å². The van der Waals surface area contributed by atoms with Crippen LogP contribution in [0.1, 0.15) is 12.8 Å². The lowest BCUT2D eigenvalue weighted by molar-refractivity contribution is -0.385. The van der Waals surface area contributed by atoms with Gasteiger partial charge in [-0.2, -0.15) is 5.10 Å². The van der Waals surface area contributed by atoms with Crippen LogP contribution in [0.3, 0.4) is 0 Å². The lowest BCUT2D eigenvalue weighted by Gasteiger charge is -2.15. The predicted octanol–water partition coefficient (Wildman–Crippen LogP) is 0.114. The molecule has 0 aliphatic heterocycles. The van der Waals surface area contributed by atoms with Crippen LogP contribution < -0.4 is 0 Å². The van der Waals surface area contributed by atoms with E-state index in [9.17, 15) is 19.7 Å². The summed E-state index contributed by atoms with van der Waals surface area (Å²) in [6.45, 7) is 0.345. The first-order valence-corrected chi connectivity index (χ1v) is 5.52. The molecule has 0 saturated carbocycles. The molecule has 1 N–H and O–H groups in total. The number of aliphatic carboxylic acids is 1. The molecule has 0 aliphatic rings. The SMILES string of the molecule is CN(CCC(=O)O)C(=O)CCn1cc([N+](=O)[O-])cn1. The molecule has 1 rings (SSSR count). The number of nitrogens with zero attached hydrogens (tertiary/aromatic N) is 4. The summed E-state index contributed by atoms with van der Waals surface area (Å²) < 4.78 is 1.31. The number of amides is 1. The standard InChI is InChI=1S/C10H14N4O5/c1-12(4-3-10(16)17)9(15)2-5-13-7-8(6-11-13)14(18)19/h6-7H,2-5H2,1H3,(H,16,17). The molecule has 0 fully saturated rings. The van der Waals surface area contributed by atoms with E-state index in [1.165, 1.54) is 22.8 Å². The molecule has 0 aromatic carbocycles. The van der Waals surface area contributed by atoms with E-state index in [0.29, 0.717) is 0 Å². The Morgan fingerprint density at radius 1 is 1.53 bits per heavy atom. The second-order valence-corrected chi connectivity index (χ2v) is 3.93. The number of aromatic nitrogens is 2. The fourth-order valence-electron chi connectivity index (χ4n) is 1.36. The van der Waals surface area contributed by atoms with Crippen molar-refractivity contribution in [3.05, 3.63) is 22.5 Å². The van der Waals surface area contributed by atoms with Gasteiger partial charge in [-0.15, -0.1) is 0 Å². The van der Waals surface area contributed by atoms with Crippen molar-refractivity contribution in [3.63, 3.8) is 0 Å². The number of carbonyl (C=O) groups excluding carboxylic acids is 1. The van der Waals surface area contributed by atoms with Crippen molar-refractivity contribution in [3.8, 4) is 0 Å². The van der Waals surface area contributed by atoms with Gasteiger partial charge >= 0.3 is 11.7 Å². The molecule has 104 valence electrons. The van der Waals surface area contributed by atoms with Crippen LogP contribution in [0, 0.1) is 10.1 Å². The molecule has 0 aliphatic carbocycles. The minimum atomic E-state index is -0.970. The van der Waals surface area contributed by atoms with Crippen LogP contribution in [0.5, 0.6) is 0 Å². The lowest BCUT2D eigenvalue weighted by atomic mass is 10.3. The zero-order valence-corrected chi connectivity index (χ0v) is 10.4. The Morgan fingerprint density at radius 2 is 2.21 bits per heavy atom. The normalized spacial score (nSPS) is 10.2. The van der Waals surface area contributed by atoms with Gasteiger partial charge in [0.15, 0.2) is 0 Å². The van der Waals surface area contributed by atoms with Crippen LogP contribution in [0.2, 0.25) is 0 Å². The van der Waals surface area contributed by atoms with Crippen LogP contribution >= 0.6 is 0 Å². The van der Waals surface area contributed by atoms with Gasteiger partial charge in [0.1, 0.15) is 12.4 Å². The summed E-state index contributed by atoms with van der Waals surface area (Å²) in [4.78, 5) is 33.2. The van der Waals surface area contributed by atoms with Gasteiger partial charge in [0.05, 0.1) is 11.3 Å². The number of hydrogen-bond donors (Lipinski definition) is 1. The Labute approximate surface area is 108 Å². The third kappa shape index (κ3) is 4.74. The predicted molar refractivity (Wildman–Crippen MR) is 63.4 cm³/mol. The summed E-state index contributed by atoms with van der Waals surface area (Å²) in [5.41, 5.74) is -0.133. The molecule has 1 aromatic heterocycles. The highest BCUT2D eigenvalue weighted by Gasteiger charge is 2.12. The van der Waals surface area contributed by atoms with E-state index in [1.807, 2.05) is 0 Å². The van der Waals surface area contributed by atoms with Crippen LogP contribution in [-0.2, 0) is 16.1 Å². The molecule has 9 nitrogen and oxygen atoms in total. The minimum absolute atomic E-state index is 0.106. The quantitative estimate of drug-likeness (QED) is 0.555. The number of carbonyl (C=O) groups is 2. The van der Waals surface area contributed by atoms with Gasteiger partial charge in [-0.25, -0.2) is 0 Å². The highest BCUT2D eigenvalue weighted by molar-refractivity contribution is 5.76. The number of rotatable bonds is 7. The maximum Gasteiger partial charge on any atom is 0.306 e. The molecule has 1 amide bonds. The number of carboxylic acids is 1. The maximum absolute atomic E-state index is 11.6. The first kappa shape index (κ1) is 14.6. The third-order valence-electron chi connectivity index (χ3n) is 2.47. The molecule has 0 saturated heterocycles. The average molecular weight is 270 g/mol. The Balaban J connectivity index is 2.40. The fraction of sp³-hybridized carbons (Fsp3) is 0.500. The molecular formula is C10H14N4O5. The van der Waals surface area contributed by atoms with Crippen molar-refractivity contribution >= 4 is 17.6 Å². The van der Waals surface area contributed by atoms with Gasteiger partial charge in [-0.05, 0) is 0 Å². The van der Waals surface area contributed by atoms with E-state index >= 15 is 0 Å². The van der Waals surface area contributed by atoms with E-state index in [2.05, 4.69) is 5.10 Å². The van der Waals surface area contributed by atoms with Crippen molar-refractivity contribution in [2.45, 2.75) is 19.4 Å². The summed E-state index contributed by atoms with van der Waals surface area (Å²) in [5, 5.41) is 22.7. The van der Waals surface area contributed by atoms with Crippen molar-refractivity contribution in [2.24, 2.45) is 0 Å². The molecule has 0 unspecified atom stereocenters. The fourth-order valence-corrected chi connectivity index (χ4v) is 1.36. The molecule has 0 atom stereocenters. The van der Waals surface area contributed by atoms with Gasteiger partial charge < -0.3 is 10.0 Å². The van der Waals surface area contributed by atoms with Crippen molar-refractivity contribution in [2.75, 3.05) is 13.6 Å². The third-order valence-corrected chi connectivity index (χ3v) is 2.47. The van der Waals surface area contributed by atoms with Crippen LogP contribution in [0.15, 0.2) is 12.4 Å². The van der Waals surface area contributed by atoms with Gasteiger partial charge in [0.25, 0.3) is 0 Å². The number of aryl methyl sites for hydroxylation is 1. The van der Waals surface area contributed by atoms with Crippen molar-refractivity contribution in [1.29, 1.82) is 0 Å². The molecule has 1 aromatic rings. The highest BCUT2D eigenvalue weighted by Crippen LogP contribution is 2.08. The molecular weight excluding hydrogens is 256 g/mol. The van der Waals surface area contributed by atoms with Crippen LogP contribution in [-0.4, -0.2) is 50.2 Å². The van der Waals surface area contributed by atoms with Crippen molar-refractivity contribution < 1.29 is 19.6 Å². The first-order chi connectivity index (χ1) is 8.90. The van der Waals surface area contributed by atoms with Gasteiger partial charge in [0, 0.05) is 26.6 Å². The Morgan fingerprint density at radius 3 is 2.74 bits per heavy atom. The Bertz CT molecular complexity index is 484. The van der Waals surface area contributed by atoms with Crippen molar-refractivity contribution in [1.82, 2.24) is 14.7 Å². The largest absolute Gasteiger partial charge is 0.481 e. The number of hydrogen-bond acceptors (Lipinski definition) is 5. The second-order valence-electron chi connectivity index (χ2n) is 3.93. The Hall–Kier alpha value is -2.45. The molecule has 0 bridgehead atoms. The average Bonchev–Trinajstić information content (AvgIpc) is 2.81. The van der Waals surface area contributed by atoms with Crippen LogP contribution in [0.4, 0.5) is 5.69 Å².